The third kappa shape index (κ3) is 4.57. The van der Waals surface area contributed by atoms with Crippen molar-refractivity contribution in [1.29, 1.82) is 0 Å². The summed E-state index contributed by atoms with van der Waals surface area (Å²) >= 11 is 0. The van der Waals surface area contributed by atoms with Crippen LogP contribution in [0.25, 0.3) is 0 Å². The van der Waals surface area contributed by atoms with Gasteiger partial charge in [0.25, 0.3) is 0 Å². The van der Waals surface area contributed by atoms with Gasteiger partial charge in [-0.15, -0.1) is 0 Å². The molecule has 1 saturated heterocycles. The lowest BCUT2D eigenvalue weighted by Crippen LogP contribution is -2.33. The molecule has 0 unspecified atom stereocenters. The van der Waals surface area contributed by atoms with E-state index < -0.39 is 0 Å². The number of rotatable bonds is 8. The van der Waals surface area contributed by atoms with Crippen LogP contribution in [0.15, 0.2) is 0 Å². The molecule has 2 aliphatic rings. The summed E-state index contributed by atoms with van der Waals surface area (Å²) < 4.78 is 5.88. The molecule has 0 amide bonds. The maximum atomic E-state index is 5.88. The minimum absolute atomic E-state index is 0.515. The van der Waals surface area contributed by atoms with Gasteiger partial charge in [-0.3, -0.25) is 0 Å². The first-order valence-electron chi connectivity index (χ1n) is 7.38. The van der Waals surface area contributed by atoms with Crippen molar-refractivity contribution in [2.24, 2.45) is 5.41 Å². The van der Waals surface area contributed by atoms with Gasteiger partial charge < -0.3 is 15.4 Å². The molecule has 3 heteroatoms. The van der Waals surface area contributed by atoms with Gasteiger partial charge in [0.05, 0.1) is 6.10 Å². The second-order valence-electron chi connectivity index (χ2n) is 5.70. The van der Waals surface area contributed by atoms with Crippen LogP contribution in [0.5, 0.6) is 0 Å². The van der Waals surface area contributed by atoms with Gasteiger partial charge in [0.2, 0.25) is 0 Å². The second kappa shape index (κ2) is 6.72. The largest absolute Gasteiger partial charge is 0.378 e. The Balaban J connectivity index is 1.41. The first-order valence-corrected chi connectivity index (χ1v) is 7.38. The molecule has 1 aliphatic carbocycles. The molecular formula is C14H28N2O. The van der Waals surface area contributed by atoms with Crippen LogP contribution in [-0.4, -0.2) is 38.9 Å². The minimum atomic E-state index is 0.515. The maximum Gasteiger partial charge on any atom is 0.0599 e. The molecule has 0 radical (unpaired) electrons. The summed E-state index contributed by atoms with van der Waals surface area (Å²) in [6.45, 7) is 7.83. The zero-order chi connectivity index (χ0) is 12.0. The number of nitrogens with one attached hydrogen (secondary N) is 2. The van der Waals surface area contributed by atoms with Crippen LogP contribution in [0, 0.1) is 5.41 Å². The average molecular weight is 240 g/mol. The van der Waals surface area contributed by atoms with Crippen LogP contribution < -0.4 is 10.6 Å². The summed E-state index contributed by atoms with van der Waals surface area (Å²) in [6, 6.07) is 0. The van der Waals surface area contributed by atoms with E-state index in [-0.39, 0.29) is 0 Å². The van der Waals surface area contributed by atoms with Gasteiger partial charge in [0.15, 0.2) is 0 Å². The Morgan fingerprint density at radius 3 is 2.71 bits per heavy atom. The molecule has 2 N–H and O–H groups in total. The molecule has 100 valence electrons. The molecule has 3 nitrogen and oxygen atoms in total. The third-order valence-corrected chi connectivity index (χ3v) is 4.34. The lowest BCUT2D eigenvalue weighted by Gasteiger charge is -2.23. The SMILES string of the molecule is CCC1(CNCCCOC2CCNCC2)CC1. The number of hydrogen-bond acceptors (Lipinski definition) is 3. The van der Waals surface area contributed by atoms with E-state index in [1.54, 1.807) is 0 Å². The quantitative estimate of drug-likeness (QED) is 0.636. The van der Waals surface area contributed by atoms with Gasteiger partial charge in [-0.1, -0.05) is 6.92 Å². The molecule has 0 aromatic carbocycles. The lowest BCUT2D eigenvalue weighted by molar-refractivity contribution is 0.0317. The van der Waals surface area contributed by atoms with E-state index in [1.807, 2.05) is 0 Å². The van der Waals surface area contributed by atoms with Crippen LogP contribution in [0.3, 0.4) is 0 Å². The molecular weight excluding hydrogens is 212 g/mol. The van der Waals surface area contributed by atoms with Crippen molar-refractivity contribution in [3.63, 3.8) is 0 Å². The Bertz CT molecular complexity index is 210. The molecule has 0 aromatic heterocycles. The Hall–Kier alpha value is -0.120. The van der Waals surface area contributed by atoms with Gasteiger partial charge in [-0.2, -0.15) is 0 Å². The summed E-state index contributed by atoms with van der Waals surface area (Å²) in [5.74, 6) is 0. The molecule has 1 heterocycles. The van der Waals surface area contributed by atoms with Crippen molar-refractivity contribution in [1.82, 2.24) is 10.6 Å². The van der Waals surface area contributed by atoms with E-state index >= 15 is 0 Å². The number of hydrogen-bond donors (Lipinski definition) is 2. The summed E-state index contributed by atoms with van der Waals surface area (Å²) in [4.78, 5) is 0. The van der Waals surface area contributed by atoms with Gasteiger partial charge in [0.1, 0.15) is 0 Å². The first-order chi connectivity index (χ1) is 8.35. The zero-order valence-electron chi connectivity index (χ0n) is 11.3. The summed E-state index contributed by atoms with van der Waals surface area (Å²) in [7, 11) is 0. The molecule has 0 bridgehead atoms. The fraction of sp³-hybridized carbons (Fsp3) is 1.00. The fourth-order valence-corrected chi connectivity index (χ4v) is 2.59. The van der Waals surface area contributed by atoms with Crippen molar-refractivity contribution in [2.45, 2.75) is 51.6 Å². The highest BCUT2D eigenvalue weighted by Crippen LogP contribution is 2.47. The van der Waals surface area contributed by atoms with Crippen molar-refractivity contribution < 1.29 is 4.74 Å². The third-order valence-electron chi connectivity index (χ3n) is 4.34. The summed E-state index contributed by atoms with van der Waals surface area (Å²) in [5.41, 5.74) is 0.676. The van der Waals surface area contributed by atoms with E-state index in [9.17, 15) is 0 Å². The molecule has 0 atom stereocenters. The monoisotopic (exact) mass is 240 g/mol. The van der Waals surface area contributed by atoms with Crippen LogP contribution >= 0.6 is 0 Å². The predicted molar refractivity (Wildman–Crippen MR) is 71.3 cm³/mol. The van der Waals surface area contributed by atoms with Crippen molar-refractivity contribution >= 4 is 0 Å². The highest BCUT2D eigenvalue weighted by molar-refractivity contribution is 4.93. The molecule has 1 aliphatic heterocycles. The van der Waals surface area contributed by atoms with Crippen LogP contribution in [0.4, 0.5) is 0 Å². The number of ether oxygens (including phenoxy) is 1. The van der Waals surface area contributed by atoms with Gasteiger partial charge in [-0.25, -0.2) is 0 Å². The molecule has 0 spiro atoms. The number of piperidine rings is 1. The van der Waals surface area contributed by atoms with Crippen molar-refractivity contribution in [3.8, 4) is 0 Å². The van der Waals surface area contributed by atoms with Gasteiger partial charge >= 0.3 is 0 Å². The van der Waals surface area contributed by atoms with Crippen LogP contribution in [0.2, 0.25) is 0 Å². The Morgan fingerprint density at radius 2 is 2.06 bits per heavy atom. The summed E-state index contributed by atoms with van der Waals surface area (Å²) in [5, 5.41) is 6.95. The topological polar surface area (TPSA) is 33.3 Å². The Labute approximate surface area is 106 Å². The highest BCUT2D eigenvalue weighted by Gasteiger charge is 2.39. The standard InChI is InChI=1S/C14H28N2O/c1-2-14(6-7-14)12-16-8-3-11-17-13-4-9-15-10-5-13/h13,15-16H,2-12H2,1H3. The smallest absolute Gasteiger partial charge is 0.0599 e. The molecule has 2 rings (SSSR count). The van der Waals surface area contributed by atoms with Crippen LogP contribution in [0.1, 0.15) is 45.4 Å². The predicted octanol–water partition coefficient (Wildman–Crippen LogP) is 1.92. The summed E-state index contributed by atoms with van der Waals surface area (Å²) in [6.07, 6.45) is 8.25. The van der Waals surface area contributed by atoms with E-state index in [2.05, 4.69) is 17.6 Å². The van der Waals surface area contributed by atoms with E-state index in [4.69, 9.17) is 4.74 Å². The Morgan fingerprint density at radius 1 is 1.29 bits per heavy atom. The zero-order valence-corrected chi connectivity index (χ0v) is 11.3. The van der Waals surface area contributed by atoms with Crippen LogP contribution in [-0.2, 0) is 4.74 Å². The molecule has 17 heavy (non-hydrogen) atoms. The van der Waals surface area contributed by atoms with E-state index in [1.165, 1.54) is 38.6 Å². The van der Waals surface area contributed by atoms with Crippen molar-refractivity contribution in [2.75, 3.05) is 32.8 Å². The lowest BCUT2D eigenvalue weighted by atomic mass is 10.0. The first kappa shape index (κ1) is 13.3. The Kier molecular flexibility index (Phi) is 5.26. The van der Waals surface area contributed by atoms with E-state index in [0.717, 1.165) is 32.7 Å². The second-order valence-corrected chi connectivity index (χ2v) is 5.70. The fourth-order valence-electron chi connectivity index (χ4n) is 2.59. The molecule has 2 fully saturated rings. The van der Waals surface area contributed by atoms with Gasteiger partial charge in [0, 0.05) is 13.2 Å². The minimum Gasteiger partial charge on any atom is -0.378 e. The van der Waals surface area contributed by atoms with Gasteiger partial charge in [-0.05, 0) is 63.6 Å². The molecule has 1 saturated carbocycles. The van der Waals surface area contributed by atoms with E-state index in [0.29, 0.717) is 11.5 Å². The van der Waals surface area contributed by atoms with Crippen molar-refractivity contribution in [3.05, 3.63) is 0 Å². The highest BCUT2D eigenvalue weighted by atomic mass is 16.5. The maximum absolute atomic E-state index is 5.88. The molecule has 0 aromatic rings. The average Bonchev–Trinajstić information content (AvgIpc) is 3.16. The normalized spacial score (nSPS) is 23.8.